The van der Waals surface area contributed by atoms with E-state index in [9.17, 15) is 2.74 Å². The molecule has 297 valence electrons. The van der Waals surface area contributed by atoms with Gasteiger partial charge in [0.15, 0.2) is 0 Å². The van der Waals surface area contributed by atoms with Gasteiger partial charge >= 0.3 is 0 Å². The molecule has 0 spiro atoms. The van der Waals surface area contributed by atoms with E-state index in [0.29, 0.717) is 33.0 Å². The summed E-state index contributed by atoms with van der Waals surface area (Å²) in [5, 5.41) is 1.20. The van der Waals surface area contributed by atoms with E-state index in [4.69, 9.17) is 15.4 Å². The van der Waals surface area contributed by atoms with Crippen molar-refractivity contribution in [1.82, 2.24) is 15.0 Å². The molecule has 58 heavy (non-hydrogen) atoms. The number of aromatic nitrogens is 3. The Balaban J connectivity index is 0.000000288. The number of hydrogen-bond donors (Lipinski definition) is 0. The Bertz CT molecular complexity index is 3100. The quantitative estimate of drug-likeness (QED) is 0.149. The van der Waals surface area contributed by atoms with E-state index in [0.717, 1.165) is 17.5 Å². The third-order valence-corrected chi connectivity index (χ3v) is 9.92. The van der Waals surface area contributed by atoms with E-state index in [1.165, 1.54) is 39.9 Å². The molecule has 0 fully saturated rings. The summed E-state index contributed by atoms with van der Waals surface area (Å²) >= 11 is 0. The molecule has 0 amide bonds. The number of fused-ring (bicyclic) bond motifs is 3. The molecule has 4 aromatic carbocycles. The van der Waals surface area contributed by atoms with Crippen LogP contribution < -0.4 is 0 Å². The first-order valence-corrected chi connectivity index (χ1v) is 19.0. The standard InChI is InChI=1S/C33H35N2O.C20H18N.Ir/c1-21-20-34-29(28-10-8-9-26-27-16-11-22(2)35-31(27)36-30(26)28)17-24(21)19-33(6,7)25-14-12-23(13-15-25)18-32(3,4)5;1-14-9-10-18(20-11-15(2)16(3)13-21-20)12-19(14)17-7-5-4-6-8-17;/h8-9,11-17,20H,18-19H2,1-7H3;4-9,11-13H,1-3H3;/q2*-1;/i1D3,2D3,18D2,19D2;;. The molecule has 8 rings (SSSR count). The summed E-state index contributed by atoms with van der Waals surface area (Å²) in [6.45, 7) is 10.0. The summed E-state index contributed by atoms with van der Waals surface area (Å²) in [7, 11) is 0. The summed E-state index contributed by atoms with van der Waals surface area (Å²) < 4.78 is 89.8. The summed E-state index contributed by atoms with van der Waals surface area (Å²) in [5.74, 6) is 0. The maximum absolute atomic E-state index is 9.41. The van der Waals surface area contributed by atoms with Crippen LogP contribution in [0.2, 0.25) is 0 Å². The molecule has 4 heterocycles. The van der Waals surface area contributed by atoms with Crippen LogP contribution in [0.1, 0.15) is 93.0 Å². The molecule has 0 saturated carbocycles. The van der Waals surface area contributed by atoms with Crippen molar-refractivity contribution in [3.8, 4) is 33.6 Å². The second-order valence-corrected chi connectivity index (χ2v) is 16.0. The molecular formula is C53H53IrN3O-2. The Labute approximate surface area is 372 Å². The Morgan fingerprint density at radius 1 is 0.707 bits per heavy atom. The predicted molar refractivity (Wildman–Crippen MR) is 238 cm³/mol. The third-order valence-electron chi connectivity index (χ3n) is 9.92. The van der Waals surface area contributed by atoms with Gasteiger partial charge in [-0.2, -0.15) is 0 Å². The van der Waals surface area contributed by atoms with Crippen LogP contribution in [-0.4, -0.2) is 15.0 Å². The van der Waals surface area contributed by atoms with Crippen molar-refractivity contribution in [2.24, 2.45) is 5.41 Å². The van der Waals surface area contributed by atoms with Gasteiger partial charge in [0.05, 0.1) is 5.58 Å². The topological polar surface area (TPSA) is 51.8 Å². The maximum Gasteiger partial charge on any atom is 0.216 e. The van der Waals surface area contributed by atoms with Crippen LogP contribution in [0.3, 0.4) is 0 Å². The van der Waals surface area contributed by atoms with E-state index < -0.39 is 37.3 Å². The molecule has 4 aromatic heterocycles. The minimum atomic E-state index is -2.68. The molecule has 0 unspecified atom stereocenters. The van der Waals surface area contributed by atoms with Crippen molar-refractivity contribution >= 4 is 22.1 Å². The number of benzene rings is 4. The van der Waals surface area contributed by atoms with Crippen LogP contribution >= 0.6 is 0 Å². The fourth-order valence-corrected chi connectivity index (χ4v) is 6.73. The Hall–Kier alpha value is -5.22. The van der Waals surface area contributed by atoms with Gasteiger partial charge in [0, 0.05) is 57.3 Å². The zero-order chi connectivity index (χ0) is 49.1. The fraction of sp³-hybridized carbons (Fsp3) is 0.264. The van der Waals surface area contributed by atoms with Gasteiger partial charge in [-0.1, -0.05) is 130 Å². The molecule has 8 aromatic rings. The molecule has 4 nitrogen and oxygen atoms in total. The summed E-state index contributed by atoms with van der Waals surface area (Å²) in [6, 6.07) is 37.8. The van der Waals surface area contributed by atoms with Crippen LogP contribution in [0.4, 0.5) is 0 Å². The molecule has 0 aliphatic heterocycles. The van der Waals surface area contributed by atoms with E-state index in [1.54, 1.807) is 56.3 Å². The zero-order valence-corrected chi connectivity index (χ0v) is 36.4. The summed E-state index contributed by atoms with van der Waals surface area (Å²) in [5.41, 5.74) is 7.81. The van der Waals surface area contributed by atoms with Crippen molar-refractivity contribution in [2.75, 3.05) is 0 Å². The molecule has 5 heteroatoms. The zero-order valence-electron chi connectivity index (χ0n) is 44.1. The predicted octanol–water partition coefficient (Wildman–Crippen LogP) is 13.7. The minimum absolute atomic E-state index is 0. The number of aryl methyl sites for hydroxylation is 5. The minimum Gasteiger partial charge on any atom is -0.486 e. The smallest absolute Gasteiger partial charge is 0.216 e. The van der Waals surface area contributed by atoms with Gasteiger partial charge in [-0.25, -0.2) is 4.98 Å². The molecule has 0 bridgehead atoms. The van der Waals surface area contributed by atoms with Crippen LogP contribution in [0.5, 0.6) is 0 Å². The molecule has 0 aliphatic rings. The van der Waals surface area contributed by atoms with Gasteiger partial charge in [-0.05, 0) is 108 Å². The van der Waals surface area contributed by atoms with E-state index in [2.05, 4.69) is 90.3 Å². The fourth-order valence-electron chi connectivity index (χ4n) is 6.73. The third kappa shape index (κ3) is 9.55. The molecule has 0 saturated heterocycles. The van der Waals surface area contributed by atoms with E-state index >= 15 is 0 Å². The van der Waals surface area contributed by atoms with Crippen molar-refractivity contribution in [1.29, 1.82) is 0 Å². The average molecular weight is 950 g/mol. The van der Waals surface area contributed by atoms with Gasteiger partial charge in [0.1, 0.15) is 0 Å². The van der Waals surface area contributed by atoms with Crippen LogP contribution in [0.15, 0.2) is 120 Å². The summed E-state index contributed by atoms with van der Waals surface area (Å²) in [6.07, 6.45) is -0.800. The largest absolute Gasteiger partial charge is 0.486 e. The normalized spacial score (nSPS) is 15.1. The van der Waals surface area contributed by atoms with Gasteiger partial charge in [0.2, 0.25) is 5.71 Å². The van der Waals surface area contributed by atoms with E-state index in [-0.39, 0.29) is 48.3 Å². The number of furan rings is 1. The average Bonchev–Trinajstić information content (AvgIpc) is 3.65. The number of pyridine rings is 3. The molecule has 0 aliphatic carbocycles. The maximum atomic E-state index is 9.41. The van der Waals surface area contributed by atoms with Crippen LogP contribution in [0, 0.1) is 52.0 Å². The number of hydrogen-bond acceptors (Lipinski definition) is 4. The Morgan fingerprint density at radius 3 is 2.16 bits per heavy atom. The SMILES string of the molecule is Cc1cnc(-c2[c-]cc(C)c(-c3ccccc3)c2)cc1C.[2H]C([2H])([2H])c1ccc2c(n1)oc1c(-c3cc(C([2H])([2H])C(C)(C)c4ccc(C([2H])([2H])C(C)(C)C)cc4)c(C([2H])([2H])[2H])cn3)[c-]ccc12.[Ir]. The second-order valence-electron chi connectivity index (χ2n) is 16.0. The van der Waals surface area contributed by atoms with Crippen molar-refractivity contribution < 1.29 is 38.2 Å². The summed E-state index contributed by atoms with van der Waals surface area (Å²) in [4.78, 5) is 13.2. The number of rotatable bonds is 7. The van der Waals surface area contributed by atoms with Crippen molar-refractivity contribution in [2.45, 2.75) is 87.3 Å². The van der Waals surface area contributed by atoms with Gasteiger partial charge in [-0.15, -0.1) is 47.5 Å². The first-order chi connectivity index (χ1) is 31.1. The molecular weight excluding hydrogens is 887 g/mol. The van der Waals surface area contributed by atoms with Gasteiger partial charge < -0.3 is 14.4 Å². The molecule has 0 atom stereocenters. The van der Waals surface area contributed by atoms with Crippen molar-refractivity contribution in [3.05, 3.63) is 172 Å². The second kappa shape index (κ2) is 17.3. The van der Waals surface area contributed by atoms with E-state index in [1.807, 2.05) is 33.0 Å². The monoisotopic (exact) mass is 950 g/mol. The molecule has 0 N–H and O–H groups in total. The van der Waals surface area contributed by atoms with Crippen LogP contribution in [0.25, 0.3) is 55.7 Å². The number of nitrogens with zero attached hydrogens (tertiary/aromatic N) is 3. The Kier molecular flexibility index (Phi) is 9.20. The van der Waals surface area contributed by atoms with Gasteiger partial charge in [-0.3, -0.25) is 0 Å². The van der Waals surface area contributed by atoms with Crippen LogP contribution in [-0.2, 0) is 38.3 Å². The first kappa shape index (κ1) is 30.8. The Morgan fingerprint density at radius 2 is 1.45 bits per heavy atom. The first-order valence-electron chi connectivity index (χ1n) is 24.0. The molecule has 1 radical (unpaired) electrons. The van der Waals surface area contributed by atoms with Gasteiger partial charge in [0.25, 0.3) is 0 Å². The van der Waals surface area contributed by atoms with Crippen molar-refractivity contribution in [3.63, 3.8) is 0 Å².